The number of methoxy groups -OCH3 is 1. The van der Waals surface area contributed by atoms with Crippen LogP contribution in [0.2, 0.25) is 0 Å². The van der Waals surface area contributed by atoms with Gasteiger partial charge in [-0.2, -0.15) is 5.10 Å². The van der Waals surface area contributed by atoms with Crippen molar-refractivity contribution in [1.82, 2.24) is 5.43 Å². The summed E-state index contributed by atoms with van der Waals surface area (Å²) in [6.07, 6.45) is 5.27. The summed E-state index contributed by atoms with van der Waals surface area (Å²) in [7, 11) is 1.41. The molecule has 3 N–H and O–H groups in total. The van der Waals surface area contributed by atoms with E-state index in [1.54, 1.807) is 30.3 Å². The first-order chi connectivity index (χ1) is 14.5. The van der Waals surface area contributed by atoms with E-state index in [1.165, 1.54) is 19.4 Å². The van der Waals surface area contributed by atoms with Crippen LogP contribution in [0.5, 0.6) is 11.5 Å². The lowest BCUT2D eigenvalue weighted by molar-refractivity contribution is -0.386. The zero-order chi connectivity index (χ0) is 21.9. The zero-order valence-corrected chi connectivity index (χ0v) is 17.1. The van der Waals surface area contributed by atoms with Gasteiger partial charge in [-0.05, 0) is 36.8 Å². The van der Waals surface area contributed by atoms with E-state index in [4.69, 9.17) is 15.2 Å². The molecule has 9 heteroatoms. The van der Waals surface area contributed by atoms with Gasteiger partial charge in [0.25, 0.3) is 5.91 Å². The standard InChI is InChI=1S/C21H26N4O5/c1-3-4-5-6-11-30-20-18(25(27)28)12-15(13-19(20)29-2)14-23-24-21(26)16-7-9-17(22)10-8-16/h7-10,12-14H,3-6,11,22H2,1-2H3,(H,24,26)/b23-14-. The van der Waals surface area contributed by atoms with Crippen molar-refractivity contribution < 1.29 is 19.2 Å². The predicted octanol–water partition coefficient (Wildman–Crippen LogP) is 3.91. The molecule has 0 aromatic heterocycles. The molecule has 0 unspecified atom stereocenters. The summed E-state index contributed by atoms with van der Waals surface area (Å²) in [5.74, 6) is -0.118. The van der Waals surface area contributed by atoms with E-state index >= 15 is 0 Å². The number of nitro benzene ring substituents is 1. The number of nitrogen functional groups attached to an aromatic ring is 1. The Kier molecular flexibility index (Phi) is 8.61. The molecule has 0 aliphatic heterocycles. The van der Waals surface area contributed by atoms with Crippen LogP contribution >= 0.6 is 0 Å². The van der Waals surface area contributed by atoms with Crippen LogP contribution in [0, 0.1) is 10.1 Å². The highest BCUT2D eigenvalue weighted by Crippen LogP contribution is 2.38. The van der Waals surface area contributed by atoms with Crippen molar-refractivity contribution >= 4 is 23.5 Å². The van der Waals surface area contributed by atoms with Gasteiger partial charge in [0, 0.05) is 22.9 Å². The summed E-state index contributed by atoms with van der Waals surface area (Å²) in [6, 6.07) is 9.24. The van der Waals surface area contributed by atoms with Gasteiger partial charge in [-0.15, -0.1) is 0 Å². The number of carbonyl (C=O) groups is 1. The van der Waals surface area contributed by atoms with E-state index < -0.39 is 10.8 Å². The quantitative estimate of drug-likeness (QED) is 0.189. The largest absolute Gasteiger partial charge is 0.493 e. The number of unbranched alkanes of at least 4 members (excludes halogenated alkanes) is 3. The van der Waals surface area contributed by atoms with Crippen molar-refractivity contribution in [2.75, 3.05) is 19.5 Å². The molecule has 0 spiro atoms. The SMILES string of the molecule is CCCCCCOc1c(OC)cc(/C=N\NC(=O)c2ccc(N)cc2)cc1[N+](=O)[O-]. The Morgan fingerprint density at radius 3 is 2.60 bits per heavy atom. The van der Waals surface area contributed by atoms with E-state index in [0.717, 1.165) is 25.7 Å². The fraction of sp³-hybridized carbons (Fsp3) is 0.333. The van der Waals surface area contributed by atoms with Gasteiger partial charge in [0.15, 0.2) is 5.75 Å². The molecule has 0 heterocycles. The Bertz CT molecular complexity index is 897. The number of anilines is 1. The van der Waals surface area contributed by atoms with Crippen molar-refractivity contribution in [3.05, 3.63) is 57.6 Å². The molecule has 0 aliphatic carbocycles. The summed E-state index contributed by atoms with van der Waals surface area (Å²) >= 11 is 0. The molecule has 0 saturated heterocycles. The minimum atomic E-state index is -0.534. The monoisotopic (exact) mass is 414 g/mol. The van der Waals surface area contributed by atoms with Crippen molar-refractivity contribution in [3.63, 3.8) is 0 Å². The van der Waals surface area contributed by atoms with E-state index in [1.807, 2.05) is 0 Å². The Hall–Kier alpha value is -3.62. The predicted molar refractivity (Wildman–Crippen MR) is 115 cm³/mol. The highest BCUT2D eigenvalue weighted by Gasteiger charge is 2.22. The average molecular weight is 414 g/mol. The van der Waals surface area contributed by atoms with Gasteiger partial charge in [0.05, 0.1) is 24.9 Å². The van der Waals surface area contributed by atoms with Gasteiger partial charge >= 0.3 is 5.69 Å². The maximum absolute atomic E-state index is 12.1. The number of nitrogens with two attached hydrogens (primary N) is 1. The molecule has 9 nitrogen and oxygen atoms in total. The second-order valence-corrected chi connectivity index (χ2v) is 6.56. The van der Waals surface area contributed by atoms with Gasteiger partial charge in [0.2, 0.25) is 5.75 Å². The zero-order valence-electron chi connectivity index (χ0n) is 17.1. The second-order valence-electron chi connectivity index (χ2n) is 6.56. The molecule has 0 radical (unpaired) electrons. The number of nitro groups is 1. The summed E-state index contributed by atoms with van der Waals surface area (Å²) in [5.41, 5.74) is 9.05. The third kappa shape index (κ3) is 6.47. The number of nitrogens with zero attached hydrogens (tertiary/aromatic N) is 2. The Labute approximate surface area is 175 Å². The van der Waals surface area contributed by atoms with E-state index in [2.05, 4.69) is 17.5 Å². The first kappa shape index (κ1) is 22.7. The van der Waals surface area contributed by atoms with Gasteiger partial charge in [-0.1, -0.05) is 26.2 Å². The van der Waals surface area contributed by atoms with Crippen molar-refractivity contribution in [2.24, 2.45) is 5.10 Å². The Morgan fingerprint density at radius 1 is 1.23 bits per heavy atom. The summed E-state index contributed by atoms with van der Waals surface area (Å²) in [4.78, 5) is 23.1. The van der Waals surface area contributed by atoms with Crippen LogP contribution in [-0.2, 0) is 0 Å². The number of hydrogen-bond acceptors (Lipinski definition) is 7. The van der Waals surface area contributed by atoms with Crippen LogP contribution in [-0.4, -0.2) is 30.8 Å². The summed E-state index contributed by atoms with van der Waals surface area (Å²) in [5, 5.41) is 15.4. The Balaban J connectivity index is 2.13. The van der Waals surface area contributed by atoms with Crippen LogP contribution < -0.4 is 20.6 Å². The Morgan fingerprint density at radius 2 is 1.97 bits per heavy atom. The minimum Gasteiger partial charge on any atom is -0.493 e. The van der Waals surface area contributed by atoms with E-state index in [9.17, 15) is 14.9 Å². The van der Waals surface area contributed by atoms with Crippen LogP contribution in [0.1, 0.15) is 48.5 Å². The number of ether oxygens (including phenoxy) is 2. The molecule has 0 fully saturated rings. The first-order valence-corrected chi connectivity index (χ1v) is 9.64. The molecular formula is C21H26N4O5. The van der Waals surface area contributed by atoms with E-state index in [0.29, 0.717) is 23.4 Å². The number of nitrogens with one attached hydrogen (secondary N) is 1. The number of rotatable bonds is 11. The summed E-state index contributed by atoms with van der Waals surface area (Å²) < 4.78 is 10.9. The topological polar surface area (TPSA) is 129 Å². The molecule has 2 aromatic rings. The molecule has 0 bridgehead atoms. The average Bonchev–Trinajstić information content (AvgIpc) is 2.74. The number of benzene rings is 2. The molecule has 0 aliphatic rings. The molecule has 2 aromatic carbocycles. The molecular weight excluding hydrogens is 388 g/mol. The maximum Gasteiger partial charge on any atom is 0.315 e. The number of hydrogen-bond donors (Lipinski definition) is 2. The smallest absolute Gasteiger partial charge is 0.315 e. The minimum absolute atomic E-state index is 0.0852. The lowest BCUT2D eigenvalue weighted by Crippen LogP contribution is -2.17. The van der Waals surface area contributed by atoms with Crippen LogP contribution in [0.15, 0.2) is 41.5 Å². The van der Waals surface area contributed by atoms with Gasteiger partial charge in [0.1, 0.15) is 0 Å². The number of carbonyl (C=O) groups excluding carboxylic acids is 1. The van der Waals surface area contributed by atoms with Crippen LogP contribution in [0.4, 0.5) is 11.4 Å². The third-order valence-corrected chi connectivity index (χ3v) is 4.27. The van der Waals surface area contributed by atoms with Crippen molar-refractivity contribution in [1.29, 1.82) is 0 Å². The van der Waals surface area contributed by atoms with Gasteiger partial charge in [-0.3, -0.25) is 14.9 Å². The third-order valence-electron chi connectivity index (χ3n) is 4.27. The molecule has 30 heavy (non-hydrogen) atoms. The molecule has 0 saturated carbocycles. The maximum atomic E-state index is 12.1. The highest BCUT2D eigenvalue weighted by atomic mass is 16.6. The summed E-state index contributed by atoms with van der Waals surface area (Å²) in [6.45, 7) is 2.47. The number of amides is 1. The van der Waals surface area contributed by atoms with Crippen LogP contribution in [0.3, 0.4) is 0 Å². The molecule has 1 amide bonds. The van der Waals surface area contributed by atoms with Crippen LogP contribution in [0.25, 0.3) is 0 Å². The lowest BCUT2D eigenvalue weighted by Gasteiger charge is -2.12. The van der Waals surface area contributed by atoms with E-state index in [-0.39, 0.29) is 17.2 Å². The van der Waals surface area contributed by atoms with Gasteiger partial charge < -0.3 is 15.2 Å². The fourth-order valence-electron chi connectivity index (χ4n) is 2.68. The van der Waals surface area contributed by atoms with Crippen molar-refractivity contribution in [2.45, 2.75) is 32.6 Å². The molecule has 160 valence electrons. The second kappa shape index (κ2) is 11.4. The fourth-order valence-corrected chi connectivity index (χ4v) is 2.68. The lowest BCUT2D eigenvalue weighted by atomic mass is 10.1. The normalized spacial score (nSPS) is 10.7. The van der Waals surface area contributed by atoms with Crippen molar-refractivity contribution in [3.8, 4) is 11.5 Å². The number of hydrazone groups is 1. The first-order valence-electron chi connectivity index (χ1n) is 9.64. The van der Waals surface area contributed by atoms with Gasteiger partial charge in [-0.25, -0.2) is 5.43 Å². The highest BCUT2D eigenvalue weighted by molar-refractivity contribution is 5.95. The molecule has 2 rings (SSSR count). The molecule has 0 atom stereocenters.